The van der Waals surface area contributed by atoms with E-state index in [-0.39, 0.29) is 17.5 Å². The molecule has 1 aliphatic rings. The van der Waals surface area contributed by atoms with Gasteiger partial charge in [0.05, 0.1) is 10.6 Å². The van der Waals surface area contributed by atoms with Gasteiger partial charge in [0.15, 0.2) is 0 Å². The third-order valence-electron chi connectivity index (χ3n) is 5.02. The van der Waals surface area contributed by atoms with Gasteiger partial charge in [-0.15, -0.1) is 21.5 Å². The van der Waals surface area contributed by atoms with E-state index in [0.717, 1.165) is 29.2 Å². The second-order valence-corrected chi connectivity index (χ2v) is 9.51. The third kappa shape index (κ3) is 4.87. The maximum Gasteiger partial charge on any atom is 0.277 e. The Morgan fingerprint density at radius 1 is 1.34 bits per heavy atom. The maximum atomic E-state index is 13.0. The lowest BCUT2D eigenvalue weighted by Gasteiger charge is -2.16. The van der Waals surface area contributed by atoms with E-state index in [9.17, 15) is 9.18 Å². The molecular formula is C21H22FN3O2S2. The average Bonchev–Trinajstić information content (AvgIpc) is 3.34. The van der Waals surface area contributed by atoms with Crippen LogP contribution >= 0.6 is 23.1 Å². The van der Waals surface area contributed by atoms with Crippen LogP contribution in [-0.4, -0.2) is 33.8 Å². The second kappa shape index (κ2) is 8.67. The molecule has 8 heteroatoms. The van der Waals surface area contributed by atoms with Crippen molar-refractivity contribution < 1.29 is 13.6 Å². The minimum Gasteiger partial charge on any atom is -0.410 e. The topological polar surface area (TPSA) is 59.2 Å². The van der Waals surface area contributed by atoms with Gasteiger partial charge in [-0.3, -0.25) is 4.79 Å². The van der Waals surface area contributed by atoms with Crippen LogP contribution in [0.4, 0.5) is 4.39 Å². The summed E-state index contributed by atoms with van der Waals surface area (Å²) in [7, 11) is 1.72. The van der Waals surface area contributed by atoms with Crippen LogP contribution in [0.2, 0.25) is 0 Å². The van der Waals surface area contributed by atoms with E-state index in [1.165, 1.54) is 40.8 Å². The number of carbonyl (C=O) groups excluding carboxylic acids is 1. The summed E-state index contributed by atoms with van der Waals surface area (Å²) in [5.41, 5.74) is 2.28. The summed E-state index contributed by atoms with van der Waals surface area (Å²) >= 11 is 2.96. The molecule has 0 aliphatic heterocycles. The highest BCUT2D eigenvalue weighted by Crippen LogP contribution is 2.37. The van der Waals surface area contributed by atoms with E-state index < -0.39 is 0 Å². The standard InChI is InChI=1S/C21H22FN3O2S2/c1-13-3-8-17-15(9-13)10-18(29-17)20-23-24-21(27-20)28-12-19(26)25(2)11-14-4-6-16(22)7-5-14/h4-7,10,13H,3,8-9,11-12H2,1-2H3. The van der Waals surface area contributed by atoms with Gasteiger partial charge in [0, 0.05) is 18.5 Å². The molecule has 1 atom stereocenters. The van der Waals surface area contributed by atoms with E-state index in [1.54, 1.807) is 35.4 Å². The van der Waals surface area contributed by atoms with Gasteiger partial charge >= 0.3 is 0 Å². The summed E-state index contributed by atoms with van der Waals surface area (Å²) in [6.07, 6.45) is 3.45. The van der Waals surface area contributed by atoms with Crippen LogP contribution < -0.4 is 0 Å². The summed E-state index contributed by atoms with van der Waals surface area (Å²) < 4.78 is 18.8. The number of amides is 1. The molecule has 2 heterocycles. The lowest BCUT2D eigenvalue weighted by Crippen LogP contribution is -2.27. The van der Waals surface area contributed by atoms with Crippen molar-refractivity contribution in [2.75, 3.05) is 12.8 Å². The lowest BCUT2D eigenvalue weighted by atomic mass is 9.90. The molecule has 0 saturated carbocycles. The first kappa shape index (κ1) is 20.1. The molecule has 1 unspecified atom stereocenters. The minimum absolute atomic E-state index is 0.0559. The Bertz CT molecular complexity index is 1000. The van der Waals surface area contributed by atoms with E-state index in [1.807, 2.05) is 0 Å². The Morgan fingerprint density at radius 2 is 2.14 bits per heavy atom. The predicted octanol–water partition coefficient (Wildman–Crippen LogP) is 4.81. The highest BCUT2D eigenvalue weighted by atomic mass is 32.2. The summed E-state index contributed by atoms with van der Waals surface area (Å²) in [4.78, 5) is 16.4. The zero-order chi connectivity index (χ0) is 20.4. The largest absolute Gasteiger partial charge is 0.410 e. The molecule has 0 radical (unpaired) electrons. The van der Waals surface area contributed by atoms with Gasteiger partial charge < -0.3 is 9.32 Å². The molecule has 2 aromatic heterocycles. The number of thioether (sulfide) groups is 1. The first-order chi connectivity index (χ1) is 14.0. The predicted molar refractivity (Wildman–Crippen MR) is 112 cm³/mol. The molecule has 0 spiro atoms. The first-order valence-corrected chi connectivity index (χ1v) is 11.3. The number of hydrogen-bond donors (Lipinski definition) is 0. The molecule has 29 heavy (non-hydrogen) atoms. The Morgan fingerprint density at radius 3 is 2.93 bits per heavy atom. The van der Waals surface area contributed by atoms with Crippen molar-refractivity contribution in [1.29, 1.82) is 0 Å². The van der Waals surface area contributed by atoms with Crippen LogP contribution in [0.25, 0.3) is 10.8 Å². The number of aromatic nitrogens is 2. The van der Waals surface area contributed by atoms with Crippen LogP contribution in [0.15, 0.2) is 40.0 Å². The molecule has 0 saturated heterocycles. The van der Waals surface area contributed by atoms with Gasteiger partial charge in [-0.25, -0.2) is 4.39 Å². The van der Waals surface area contributed by atoms with E-state index in [2.05, 4.69) is 23.2 Å². The summed E-state index contributed by atoms with van der Waals surface area (Å²) in [6.45, 7) is 2.71. The van der Waals surface area contributed by atoms with Crippen molar-refractivity contribution >= 4 is 29.0 Å². The van der Waals surface area contributed by atoms with E-state index in [0.29, 0.717) is 17.7 Å². The van der Waals surface area contributed by atoms with Crippen molar-refractivity contribution in [3.8, 4) is 10.8 Å². The Balaban J connectivity index is 1.33. The molecule has 1 aliphatic carbocycles. The van der Waals surface area contributed by atoms with Gasteiger partial charge in [0.25, 0.3) is 11.1 Å². The monoisotopic (exact) mass is 431 g/mol. The first-order valence-electron chi connectivity index (χ1n) is 9.54. The number of nitrogens with zero attached hydrogens (tertiary/aromatic N) is 3. The number of thiophene rings is 1. The van der Waals surface area contributed by atoms with Crippen LogP contribution in [0, 0.1) is 11.7 Å². The number of aryl methyl sites for hydroxylation is 1. The van der Waals surface area contributed by atoms with Crippen LogP contribution in [0.3, 0.4) is 0 Å². The van der Waals surface area contributed by atoms with Crippen LogP contribution in [0.5, 0.6) is 0 Å². The maximum absolute atomic E-state index is 13.0. The quantitative estimate of drug-likeness (QED) is 0.524. The molecule has 5 nitrogen and oxygen atoms in total. The fraction of sp³-hybridized carbons (Fsp3) is 0.381. The van der Waals surface area contributed by atoms with Gasteiger partial charge in [0.2, 0.25) is 5.91 Å². The van der Waals surface area contributed by atoms with Crippen LogP contribution in [-0.2, 0) is 24.2 Å². The molecule has 0 bridgehead atoms. The molecule has 0 N–H and O–H groups in total. The van der Waals surface area contributed by atoms with Gasteiger partial charge in [-0.1, -0.05) is 30.8 Å². The highest BCUT2D eigenvalue weighted by Gasteiger charge is 2.21. The zero-order valence-electron chi connectivity index (χ0n) is 16.4. The van der Waals surface area contributed by atoms with Gasteiger partial charge in [0.1, 0.15) is 5.82 Å². The second-order valence-electron chi connectivity index (χ2n) is 7.45. The van der Waals surface area contributed by atoms with Gasteiger partial charge in [-0.2, -0.15) is 0 Å². The van der Waals surface area contributed by atoms with Crippen molar-refractivity contribution in [3.63, 3.8) is 0 Å². The Kier molecular flexibility index (Phi) is 6.01. The van der Waals surface area contributed by atoms with Crippen molar-refractivity contribution in [2.24, 2.45) is 5.92 Å². The molecule has 3 aromatic rings. The van der Waals surface area contributed by atoms with Crippen molar-refractivity contribution in [1.82, 2.24) is 15.1 Å². The number of rotatable bonds is 6. The van der Waals surface area contributed by atoms with E-state index >= 15 is 0 Å². The molecule has 4 rings (SSSR count). The van der Waals surface area contributed by atoms with Gasteiger partial charge in [-0.05, 0) is 54.5 Å². The number of halogens is 1. The van der Waals surface area contributed by atoms with Crippen molar-refractivity contribution in [2.45, 2.75) is 38.0 Å². The summed E-state index contributed by atoms with van der Waals surface area (Å²) in [6, 6.07) is 8.31. The number of carbonyl (C=O) groups is 1. The van der Waals surface area contributed by atoms with Crippen LogP contribution in [0.1, 0.15) is 29.3 Å². The Labute approximate surface area is 177 Å². The molecule has 1 aromatic carbocycles. The highest BCUT2D eigenvalue weighted by molar-refractivity contribution is 7.99. The molecule has 152 valence electrons. The number of fused-ring (bicyclic) bond motifs is 1. The third-order valence-corrected chi connectivity index (χ3v) is 7.05. The fourth-order valence-corrected chi connectivity index (χ4v) is 5.20. The molecule has 1 amide bonds. The smallest absolute Gasteiger partial charge is 0.277 e. The number of benzene rings is 1. The number of hydrogen-bond acceptors (Lipinski definition) is 6. The SMILES string of the molecule is CC1CCc2sc(-c3nnc(SCC(=O)N(C)Cc4ccc(F)cc4)o3)cc2C1. The zero-order valence-corrected chi connectivity index (χ0v) is 18.0. The molecular weight excluding hydrogens is 409 g/mol. The summed E-state index contributed by atoms with van der Waals surface area (Å²) in [5, 5.41) is 8.63. The Hall–Kier alpha value is -2.19. The average molecular weight is 432 g/mol. The lowest BCUT2D eigenvalue weighted by molar-refractivity contribution is -0.127. The summed E-state index contributed by atoms with van der Waals surface area (Å²) in [5.74, 6) is 1.10. The fourth-order valence-electron chi connectivity index (χ4n) is 3.36. The normalized spacial score (nSPS) is 15.9. The minimum atomic E-state index is -0.286. The van der Waals surface area contributed by atoms with Crippen molar-refractivity contribution in [3.05, 3.63) is 52.2 Å². The van der Waals surface area contributed by atoms with E-state index in [4.69, 9.17) is 4.42 Å². The molecule has 0 fully saturated rings.